The Bertz CT molecular complexity index is 1210. The Morgan fingerprint density at radius 1 is 1.09 bits per heavy atom. The van der Waals surface area contributed by atoms with Crippen molar-refractivity contribution in [2.75, 3.05) is 25.0 Å². The van der Waals surface area contributed by atoms with Crippen LogP contribution in [-0.2, 0) is 6.42 Å². The molecular weight excluding hydrogens is 438 g/mol. The summed E-state index contributed by atoms with van der Waals surface area (Å²) in [6.45, 7) is 3.72. The van der Waals surface area contributed by atoms with E-state index in [1.54, 1.807) is 12.3 Å². The number of hydrogen-bond donors (Lipinski definition) is 2. The summed E-state index contributed by atoms with van der Waals surface area (Å²) in [5.41, 5.74) is 4.87. The Hall–Kier alpha value is -4.18. The number of hydrogen-bond acceptors (Lipinski definition) is 4. The Kier molecular flexibility index (Phi) is 7.74. The van der Waals surface area contributed by atoms with Crippen molar-refractivity contribution < 1.29 is 9.59 Å². The highest BCUT2D eigenvalue weighted by atomic mass is 16.2. The van der Waals surface area contributed by atoms with Gasteiger partial charge in [-0.3, -0.25) is 9.78 Å². The monoisotopic (exact) mass is 467 g/mol. The Balaban J connectivity index is 1.31. The normalized spacial score (nSPS) is 13.7. The number of nitrogens with zero attached hydrogens (tertiary/aromatic N) is 3. The molecule has 1 aliphatic rings. The van der Waals surface area contributed by atoms with Crippen molar-refractivity contribution in [2.45, 2.75) is 32.1 Å². The highest BCUT2D eigenvalue weighted by Gasteiger charge is 2.25. The third-order valence-electron chi connectivity index (χ3n) is 6.42. The van der Waals surface area contributed by atoms with Gasteiger partial charge in [0, 0.05) is 49.2 Å². The summed E-state index contributed by atoms with van der Waals surface area (Å²) in [6, 6.07) is 20.7. The van der Waals surface area contributed by atoms with Crippen LogP contribution in [0.3, 0.4) is 0 Å². The highest BCUT2D eigenvalue weighted by molar-refractivity contribution is 5.97. The molecule has 0 spiro atoms. The lowest BCUT2D eigenvalue weighted by atomic mass is 9.89. The number of likely N-dealkylation sites (tertiary alicyclic amines) is 1. The zero-order chi connectivity index (χ0) is 24.6. The fraction of sp³-hybridized carbons (Fsp3) is 0.286. The minimum absolute atomic E-state index is 0.0260. The molecule has 1 fully saturated rings. The van der Waals surface area contributed by atoms with Gasteiger partial charge in [-0.15, -0.1) is 0 Å². The average molecular weight is 468 g/mol. The number of amides is 3. The maximum absolute atomic E-state index is 13.2. The van der Waals surface area contributed by atoms with E-state index in [9.17, 15) is 9.59 Å². The van der Waals surface area contributed by atoms with Gasteiger partial charge in [-0.05, 0) is 73.2 Å². The van der Waals surface area contributed by atoms with E-state index in [1.165, 1.54) is 5.56 Å². The van der Waals surface area contributed by atoms with Crippen molar-refractivity contribution in [2.24, 2.45) is 0 Å². The minimum Gasteiger partial charge on any atom is -0.339 e. The van der Waals surface area contributed by atoms with Crippen LogP contribution in [0.15, 0.2) is 66.9 Å². The Labute approximate surface area is 205 Å². The van der Waals surface area contributed by atoms with Crippen LogP contribution >= 0.6 is 0 Å². The van der Waals surface area contributed by atoms with Crippen LogP contribution in [-0.4, -0.2) is 41.5 Å². The van der Waals surface area contributed by atoms with Crippen LogP contribution in [0.25, 0.3) is 0 Å². The first-order chi connectivity index (χ1) is 17.0. The molecule has 2 N–H and O–H groups in total. The van der Waals surface area contributed by atoms with E-state index in [0.29, 0.717) is 48.8 Å². The maximum Gasteiger partial charge on any atom is 0.319 e. The van der Waals surface area contributed by atoms with E-state index in [4.69, 9.17) is 5.26 Å². The van der Waals surface area contributed by atoms with Gasteiger partial charge in [0.15, 0.2) is 0 Å². The number of aromatic nitrogens is 1. The van der Waals surface area contributed by atoms with Crippen molar-refractivity contribution in [1.29, 1.82) is 5.26 Å². The predicted molar refractivity (Wildman–Crippen MR) is 135 cm³/mol. The van der Waals surface area contributed by atoms with Crippen molar-refractivity contribution in [3.05, 3.63) is 94.8 Å². The average Bonchev–Trinajstić information content (AvgIpc) is 2.90. The van der Waals surface area contributed by atoms with Crippen LogP contribution in [0.1, 0.15) is 51.5 Å². The first-order valence-electron chi connectivity index (χ1n) is 11.9. The number of carbonyl (C=O) groups is 2. The molecule has 3 aromatic rings. The topological polar surface area (TPSA) is 98.1 Å². The highest BCUT2D eigenvalue weighted by Crippen LogP contribution is 2.29. The number of urea groups is 1. The lowest BCUT2D eigenvalue weighted by Crippen LogP contribution is -2.38. The summed E-state index contributed by atoms with van der Waals surface area (Å²) < 4.78 is 0. The second kappa shape index (κ2) is 11.3. The Morgan fingerprint density at radius 3 is 2.54 bits per heavy atom. The quantitative estimate of drug-likeness (QED) is 0.552. The molecule has 0 atom stereocenters. The minimum atomic E-state index is -0.308. The number of carbonyl (C=O) groups excluding carboxylic acids is 2. The van der Waals surface area contributed by atoms with E-state index in [1.807, 2.05) is 66.4 Å². The number of rotatable bonds is 6. The fourth-order valence-corrected chi connectivity index (χ4v) is 4.33. The van der Waals surface area contributed by atoms with Gasteiger partial charge in [0.2, 0.25) is 0 Å². The standard InChI is InChI=1S/C28H29N5O2/c1-20-5-8-24(18-26(20)32-28(35)31-15-11-25-4-2-3-14-30-25)27(34)33-16-12-23(13-17-33)22-9-6-21(19-29)7-10-22/h2-10,14,18,23H,11-13,15-17H2,1H3,(H2,31,32,35). The van der Waals surface area contributed by atoms with Crippen LogP contribution in [0.5, 0.6) is 0 Å². The first-order valence-corrected chi connectivity index (χ1v) is 11.9. The molecule has 1 aromatic heterocycles. The van der Waals surface area contributed by atoms with E-state index in [2.05, 4.69) is 21.7 Å². The molecule has 0 saturated carbocycles. The molecule has 0 unspecified atom stereocenters. The number of aryl methyl sites for hydroxylation is 1. The maximum atomic E-state index is 13.2. The number of anilines is 1. The molecule has 4 rings (SSSR count). The van der Waals surface area contributed by atoms with Gasteiger partial charge in [-0.25, -0.2) is 4.79 Å². The predicted octanol–water partition coefficient (Wildman–Crippen LogP) is 4.65. The van der Waals surface area contributed by atoms with E-state index in [0.717, 1.165) is 24.1 Å². The van der Waals surface area contributed by atoms with Crippen LogP contribution < -0.4 is 10.6 Å². The lowest BCUT2D eigenvalue weighted by molar-refractivity contribution is 0.0713. The van der Waals surface area contributed by atoms with E-state index in [-0.39, 0.29) is 11.9 Å². The molecule has 35 heavy (non-hydrogen) atoms. The molecule has 1 aliphatic heterocycles. The summed E-state index contributed by atoms with van der Waals surface area (Å²) in [5.74, 6) is 0.360. The number of nitriles is 1. The van der Waals surface area contributed by atoms with Crippen LogP contribution in [0.4, 0.5) is 10.5 Å². The fourth-order valence-electron chi connectivity index (χ4n) is 4.33. The van der Waals surface area contributed by atoms with Gasteiger partial charge >= 0.3 is 6.03 Å². The number of pyridine rings is 1. The van der Waals surface area contributed by atoms with Gasteiger partial charge in [0.25, 0.3) is 5.91 Å². The van der Waals surface area contributed by atoms with Gasteiger partial charge < -0.3 is 15.5 Å². The largest absolute Gasteiger partial charge is 0.339 e. The van der Waals surface area contributed by atoms with Crippen LogP contribution in [0.2, 0.25) is 0 Å². The van der Waals surface area contributed by atoms with Gasteiger partial charge in [0.1, 0.15) is 0 Å². The number of nitrogens with one attached hydrogen (secondary N) is 2. The molecule has 0 bridgehead atoms. The van der Waals surface area contributed by atoms with Crippen molar-refractivity contribution >= 4 is 17.6 Å². The third-order valence-corrected chi connectivity index (χ3v) is 6.42. The van der Waals surface area contributed by atoms with Crippen molar-refractivity contribution in [3.63, 3.8) is 0 Å². The first kappa shape index (κ1) is 24.0. The van der Waals surface area contributed by atoms with E-state index >= 15 is 0 Å². The van der Waals surface area contributed by atoms with Gasteiger partial charge in [-0.2, -0.15) is 5.26 Å². The summed E-state index contributed by atoms with van der Waals surface area (Å²) >= 11 is 0. The summed E-state index contributed by atoms with van der Waals surface area (Å²) in [6.07, 6.45) is 4.14. The molecule has 3 amide bonds. The summed E-state index contributed by atoms with van der Waals surface area (Å²) in [5, 5.41) is 14.7. The number of piperidine rings is 1. The van der Waals surface area contributed by atoms with E-state index < -0.39 is 0 Å². The summed E-state index contributed by atoms with van der Waals surface area (Å²) in [7, 11) is 0. The molecule has 0 radical (unpaired) electrons. The zero-order valence-corrected chi connectivity index (χ0v) is 19.8. The smallest absolute Gasteiger partial charge is 0.319 e. The second-order valence-corrected chi connectivity index (χ2v) is 8.78. The van der Waals surface area contributed by atoms with Crippen molar-refractivity contribution in [1.82, 2.24) is 15.2 Å². The Morgan fingerprint density at radius 2 is 1.86 bits per heavy atom. The van der Waals surface area contributed by atoms with Gasteiger partial charge in [-0.1, -0.05) is 24.3 Å². The molecule has 0 aliphatic carbocycles. The molecule has 1 saturated heterocycles. The zero-order valence-electron chi connectivity index (χ0n) is 19.8. The second-order valence-electron chi connectivity index (χ2n) is 8.78. The molecule has 7 heteroatoms. The van der Waals surface area contributed by atoms with Crippen molar-refractivity contribution in [3.8, 4) is 6.07 Å². The SMILES string of the molecule is Cc1ccc(C(=O)N2CCC(c3ccc(C#N)cc3)CC2)cc1NC(=O)NCCc1ccccn1. The summed E-state index contributed by atoms with van der Waals surface area (Å²) in [4.78, 5) is 31.7. The molecular formula is C28H29N5O2. The molecule has 2 heterocycles. The van der Waals surface area contributed by atoms with Gasteiger partial charge in [0.05, 0.1) is 11.6 Å². The van der Waals surface area contributed by atoms with Crippen LogP contribution in [0, 0.1) is 18.3 Å². The lowest BCUT2D eigenvalue weighted by Gasteiger charge is -2.32. The molecule has 7 nitrogen and oxygen atoms in total. The molecule has 178 valence electrons. The number of benzene rings is 2. The third kappa shape index (κ3) is 6.24. The molecule has 2 aromatic carbocycles.